The van der Waals surface area contributed by atoms with E-state index in [1.165, 1.54) is 17.6 Å². The van der Waals surface area contributed by atoms with Crippen LogP contribution in [0.25, 0.3) is 5.76 Å². The molecule has 1 heterocycles. The van der Waals surface area contributed by atoms with Gasteiger partial charge in [-0.3, -0.25) is 4.79 Å². The van der Waals surface area contributed by atoms with Crippen LogP contribution < -0.4 is 0 Å². The first-order valence-electron chi connectivity index (χ1n) is 5.28. The first-order chi connectivity index (χ1) is 8.77. The van der Waals surface area contributed by atoms with Crippen molar-refractivity contribution in [3.8, 4) is 0 Å². The van der Waals surface area contributed by atoms with Crippen LogP contribution in [-0.2, 0) is 0 Å². The van der Waals surface area contributed by atoms with Gasteiger partial charge in [-0.05, 0) is 0 Å². The Balaban J connectivity index is 2.00. The molecule has 1 N–H and O–H groups in total. The van der Waals surface area contributed by atoms with Gasteiger partial charge in [-0.15, -0.1) is 11.3 Å². The fourth-order valence-electron chi connectivity index (χ4n) is 1.80. The Morgan fingerprint density at radius 2 is 2.06 bits per heavy atom. The Bertz CT molecular complexity index is 672. The van der Waals surface area contributed by atoms with Crippen LogP contribution in [0.3, 0.4) is 0 Å². The Morgan fingerprint density at radius 3 is 2.72 bits per heavy atom. The number of aliphatic hydroxyl groups is 1. The van der Waals surface area contributed by atoms with Crippen molar-refractivity contribution in [2.75, 3.05) is 0 Å². The fraction of sp³-hybridized carbons (Fsp3) is 0. The van der Waals surface area contributed by atoms with Crippen LogP contribution in [0.15, 0.2) is 46.4 Å². The quantitative estimate of drug-likeness (QED) is 0.840. The van der Waals surface area contributed by atoms with Crippen LogP contribution in [-0.4, -0.2) is 22.1 Å². The molecule has 88 valence electrons. The van der Waals surface area contributed by atoms with E-state index in [2.05, 4.69) is 9.98 Å². The summed E-state index contributed by atoms with van der Waals surface area (Å²) in [6.07, 6.45) is 3.01. The average molecular weight is 256 g/mol. The molecule has 0 radical (unpaired) electrons. The van der Waals surface area contributed by atoms with Gasteiger partial charge in [0, 0.05) is 28.9 Å². The molecular formula is C13H8N2O2S. The number of aromatic nitrogens is 1. The number of benzene rings is 1. The van der Waals surface area contributed by atoms with Crippen molar-refractivity contribution in [2.45, 2.75) is 0 Å². The average Bonchev–Trinajstić information content (AvgIpc) is 2.98. The van der Waals surface area contributed by atoms with Crippen LogP contribution in [0.4, 0.5) is 5.13 Å². The number of thiazole rings is 1. The van der Waals surface area contributed by atoms with Gasteiger partial charge in [0.1, 0.15) is 5.76 Å². The minimum Gasteiger partial charge on any atom is -0.506 e. The second-order valence-electron chi connectivity index (χ2n) is 3.71. The van der Waals surface area contributed by atoms with Gasteiger partial charge in [-0.2, -0.15) is 0 Å². The second kappa shape index (κ2) is 4.19. The molecule has 3 rings (SSSR count). The summed E-state index contributed by atoms with van der Waals surface area (Å²) in [5, 5.41) is 12.3. The van der Waals surface area contributed by atoms with Crippen molar-refractivity contribution in [3.05, 3.63) is 52.5 Å². The molecule has 1 aromatic heterocycles. The lowest BCUT2D eigenvalue weighted by Crippen LogP contribution is -1.99. The normalized spacial score (nSPS) is 14.6. The third-order valence-corrected chi connectivity index (χ3v) is 3.33. The molecule has 0 bridgehead atoms. The summed E-state index contributed by atoms with van der Waals surface area (Å²) in [4.78, 5) is 20.1. The maximum Gasteiger partial charge on any atom is 0.209 e. The minimum atomic E-state index is -0.205. The summed E-state index contributed by atoms with van der Waals surface area (Å²) in [5.41, 5.74) is 1.28. The molecule has 1 aliphatic carbocycles. The Hall–Kier alpha value is -2.27. The third-order valence-electron chi connectivity index (χ3n) is 2.65. The van der Waals surface area contributed by atoms with Crippen LogP contribution in [0.5, 0.6) is 0 Å². The number of ketones is 1. The molecule has 2 aromatic rings. The number of hydrogen-bond donors (Lipinski definition) is 1. The molecule has 18 heavy (non-hydrogen) atoms. The zero-order valence-electron chi connectivity index (χ0n) is 9.20. The number of fused-ring (bicyclic) bond motifs is 1. The molecule has 1 aromatic carbocycles. The number of carbonyl (C=O) groups excluding carboxylic acids is 1. The third kappa shape index (κ3) is 1.65. The molecular weight excluding hydrogens is 248 g/mol. The summed E-state index contributed by atoms with van der Waals surface area (Å²) in [7, 11) is 0. The van der Waals surface area contributed by atoms with E-state index in [4.69, 9.17) is 0 Å². The highest BCUT2D eigenvalue weighted by atomic mass is 32.1. The predicted molar refractivity (Wildman–Crippen MR) is 70.6 cm³/mol. The van der Waals surface area contributed by atoms with Crippen LogP contribution in [0.2, 0.25) is 0 Å². The number of hydrogen-bond acceptors (Lipinski definition) is 5. The van der Waals surface area contributed by atoms with E-state index >= 15 is 0 Å². The molecule has 0 aliphatic heterocycles. The standard InChI is InChI=1S/C13H8N2O2S/c16-11-8-3-1-2-4-9(8)12(17)10(11)7-15-13-14-5-6-18-13/h1-7,16H. The maximum atomic E-state index is 12.0. The summed E-state index contributed by atoms with van der Waals surface area (Å²) in [5.74, 6) is -0.223. The summed E-state index contributed by atoms with van der Waals surface area (Å²) >= 11 is 1.37. The van der Waals surface area contributed by atoms with Gasteiger partial charge < -0.3 is 5.11 Å². The van der Waals surface area contributed by atoms with Crippen molar-refractivity contribution < 1.29 is 9.90 Å². The monoisotopic (exact) mass is 256 g/mol. The van der Waals surface area contributed by atoms with Gasteiger partial charge in [0.05, 0.1) is 5.57 Å². The number of allylic oxidation sites excluding steroid dienone is 1. The number of rotatable bonds is 2. The lowest BCUT2D eigenvalue weighted by atomic mass is 10.1. The number of carbonyl (C=O) groups is 1. The Labute approximate surface area is 107 Å². The molecule has 4 nitrogen and oxygen atoms in total. The highest BCUT2D eigenvalue weighted by molar-refractivity contribution is 7.13. The van der Waals surface area contributed by atoms with Crippen LogP contribution in [0.1, 0.15) is 15.9 Å². The van der Waals surface area contributed by atoms with Gasteiger partial charge >= 0.3 is 0 Å². The first-order valence-corrected chi connectivity index (χ1v) is 6.16. The van der Waals surface area contributed by atoms with E-state index in [-0.39, 0.29) is 17.1 Å². The molecule has 0 amide bonds. The van der Waals surface area contributed by atoms with Gasteiger partial charge in [0.2, 0.25) is 5.13 Å². The second-order valence-corrected chi connectivity index (χ2v) is 4.58. The number of Topliss-reactive ketones (excluding diaryl/α,β-unsaturated/α-hetero) is 1. The molecule has 0 saturated carbocycles. The zero-order valence-corrected chi connectivity index (χ0v) is 10.0. The zero-order chi connectivity index (χ0) is 12.5. The fourth-order valence-corrected chi connectivity index (χ4v) is 2.28. The lowest BCUT2D eigenvalue weighted by Gasteiger charge is -1.95. The van der Waals surface area contributed by atoms with E-state index in [0.717, 1.165) is 0 Å². The smallest absolute Gasteiger partial charge is 0.209 e. The van der Waals surface area contributed by atoms with Crippen molar-refractivity contribution in [1.29, 1.82) is 0 Å². The SMILES string of the molecule is O=C1C(C=Nc2nccs2)=C(O)c2ccccc21. The number of aliphatic imine (C=N–C) groups is 1. The Kier molecular flexibility index (Phi) is 2.53. The van der Waals surface area contributed by atoms with Gasteiger partial charge in [0.25, 0.3) is 0 Å². The first kappa shape index (κ1) is 10.9. The predicted octanol–water partition coefficient (Wildman–Crippen LogP) is 3.01. The van der Waals surface area contributed by atoms with Crippen molar-refractivity contribution in [3.63, 3.8) is 0 Å². The molecule has 0 saturated heterocycles. The minimum absolute atomic E-state index is 0.0177. The van der Waals surface area contributed by atoms with Gasteiger partial charge in [0.15, 0.2) is 5.78 Å². The van der Waals surface area contributed by atoms with Crippen LogP contribution >= 0.6 is 11.3 Å². The summed E-state index contributed by atoms with van der Waals surface area (Å²) < 4.78 is 0. The molecule has 0 atom stereocenters. The van der Waals surface area contributed by atoms with E-state index in [9.17, 15) is 9.90 Å². The Morgan fingerprint density at radius 1 is 1.28 bits per heavy atom. The highest BCUT2D eigenvalue weighted by Gasteiger charge is 2.27. The highest BCUT2D eigenvalue weighted by Crippen LogP contribution is 2.30. The number of nitrogens with zero attached hydrogens (tertiary/aromatic N) is 2. The van der Waals surface area contributed by atoms with Gasteiger partial charge in [-0.1, -0.05) is 24.3 Å². The van der Waals surface area contributed by atoms with Crippen molar-refractivity contribution in [2.24, 2.45) is 4.99 Å². The van der Waals surface area contributed by atoms with Gasteiger partial charge in [-0.25, -0.2) is 9.98 Å². The summed E-state index contributed by atoms with van der Waals surface area (Å²) in [6, 6.07) is 6.96. The largest absolute Gasteiger partial charge is 0.506 e. The van der Waals surface area contributed by atoms with E-state index in [1.54, 1.807) is 35.8 Å². The molecule has 5 heteroatoms. The van der Waals surface area contributed by atoms with Crippen molar-refractivity contribution in [1.82, 2.24) is 4.98 Å². The van der Waals surface area contributed by atoms with E-state index < -0.39 is 0 Å². The molecule has 1 aliphatic rings. The lowest BCUT2D eigenvalue weighted by molar-refractivity contribution is 0.104. The van der Waals surface area contributed by atoms with Crippen LogP contribution in [0, 0.1) is 0 Å². The van der Waals surface area contributed by atoms with E-state index in [0.29, 0.717) is 16.3 Å². The molecule has 0 unspecified atom stereocenters. The van der Waals surface area contributed by atoms with E-state index in [1.807, 2.05) is 0 Å². The maximum absolute atomic E-state index is 12.0. The molecule has 0 fully saturated rings. The number of aliphatic hydroxyl groups excluding tert-OH is 1. The topological polar surface area (TPSA) is 62.5 Å². The summed E-state index contributed by atoms with van der Waals surface area (Å²) in [6.45, 7) is 0. The van der Waals surface area contributed by atoms with Crippen molar-refractivity contribution >= 4 is 34.2 Å². The molecule has 0 spiro atoms.